The van der Waals surface area contributed by atoms with Gasteiger partial charge in [0, 0.05) is 12.2 Å². The molecule has 3 nitrogen and oxygen atoms in total. The highest BCUT2D eigenvalue weighted by Crippen LogP contribution is 2.31. The molecule has 0 N–H and O–H groups in total. The molecule has 0 saturated carbocycles. The molecule has 0 atom stereocenters. The third-order valence-corrected chi connectivity index (χ3v) is 2.92. The topological polar surface area (TPSA) is 27.7 Å². The molecule has 3 heteroatoms. The van der Waals surface area contributed by atoms with E-state index in [4.69, 9.17) is 14.2 Å². The summed E-state index contributed by atoms with van der Waals surface area (Å²) in [6.45, 7) is 6.41. The Balaban J connectivity index is 2.65. The Morgan fingerprint density at radius 1 is 1.00 bits per heavy atom. The van der Waals surface area contributed by atoms with Gasteiger partial charge in [0.2, 0.25) is 0 Å². The molecule has 0 aromatic heterocycles. The molecule has 0 bridgehead atoms. The van der Waals surface area contributed by atoms with Crippen molar-refractivity contribution in [3.8, 4) is 11.5 Å². The number of unbranched alkanes of at least 4 members (excludes halogenated alkanes) is 2. The predicted molar refractivity (Wildman–Crippen MR) is 78.0 cm³/mol. The molecular formula is C16H26O3. The van der Waals surface area contributed by atoms with E-state index in [2.05, 4.69) is 13.8 Å². The van der Waals surface area contributed by atoms with E-state index in [1.54, 1.807) is 7.11 Å². The molecule has 0 saturated heterocycles. The fraction of sp³-hybridized carbons (Fsp3) is 0.625. The van der Waals surface area contributed by atoms with Crippen LogP contribution in [0.4, 0.5) is 0 Å². The number of ether oxygens (including phenoxy) is 3. The van der Waals surface area contributed by atoms with E-state index < -0.39 is 0 Å². The van der Waals surface area contributed by atoms with Gasteiger partial charge in [-0.15, -0.1) is 0 Å². The SMILES string of the molecule is CCCCOCc1cccc(OC)c1OCCCC. The predicted octanol–water partition coefficient (Wildman–Crippen LogP) is 4.19. The zero-order chi connectivity index (χ0) is 13.9. The summed E-state index contributed by atoms with van der Waals surface area (Å²) in [6, 6.07) is 5.94. The van der Waals surface area contributed by atoms with Gasteiger partial charge in [0.15, 0.2) is 11.5 Å². The second kappa shape index (κ2) is 9.68. The number of methoxy groups -OCH3 is 1. The molecule has 0 unspecified atom stereocenters. The van der Waals surface area contributed by atoms with Crippen LogP contribution in [0.25, 0.3) is 0 Å². The van der Waals surface area contributed by atoms with Gasteiger partial charge in [-0.25, -0.2) is 0 Å². The van der Waals surface area contributed by atoms with Crippen molar-refractivity contribution in [3.05, 3.63) is 23.8 Å². The highest BCUT2D eigenvalue weighted by atomic mass is 16.5. The van der Waals surface area contributed by atoms with Gasteiger partial charge in [0.05, 0.1) is 20.3 Å². The molecular weight excluding hydrogens is 240 g/mol. The average Bonchev–Trinajstić information content (AvgIpc) is 2.44. The summed E-state index contributed by atoms with van der Waals surface area (Å²) in [6.07, 6.45) is 4.42. The summed E-state index contributed by atoms with van der Waals surface area (Å²) in [5.74, 6) is 1.61. The second-order valence-corrected chi connectivity index (χ2v) is 4.56. The Labute approximate surface area is 116 Å². The highest BCUT2D eigenvalue weighted by molar-refractivity contribution is 5.46. The summed E-state index contributed by atoms with van der Waals surface area (Å²) in [5, 5.41) is 0. The minimum Gasteiger partial charge on any atom is -0.493 e. The summed E-state index contributed by atoms with van der Waals surface area (Å²) < 4.78 is 16.9. The van der Waals surface area contributed by atoms with Gasteiger partial charge >= 0.3 is 0 Å². The van der Waals surface area contributed by atoms with Gasteiger partial charge in [-0.05, 0) is 18.9 Å². The van der Waals surface area contributed by atoms with Crippen LogP contribution in [0.1, 0.15) is 45.1 Å². The van der Waals surface area contributed by atoms with Crippen molar-refractivity contribution in [2.75, 3.05) is 20.3 Å². The van der Waals surface area contributed by atoms with E-state index >= 15 is 0 Å². The lowest BCUT2D eigenvalue weighted by Crippen LogP contribution is -2.04. The zero-order valence-electron chi connectivity index (χ0n) is 12.4. The first kappa shape index (κ1) is 15.8. The normalized spacial score (nSPS) is 10.5. The van der Waals surface area contributed by atoms with Crippen molar-refractivity contribution >= 4 is 0 Å². The largest absolute Gasteiger partial charge is 0.493 e. The molecule has 0 spiro atoms. The van der Waals surface area contributed by atoms with Gasteiger partial charge in [-0.3, -0.25) is 0 Å². The maximum atomic E-state index is 5.85. The van der Waals surface area contributed by atoms with Crippen LogP contribution in [-0.4, -0.2) is 20.3 Å². The second-order valence-electron chi connectivity index (χ2n) is 4.56. The fourth-order valence-corrected chi connectivity index (χ4v) is 1.75. The van der Waals surface area contributed by atoms with Gasteiger partial charge in [0.1, 0.15) is 0 Å². The molecule has 1 rings (SSSR count). The molecule has 1 aromatic carbocycles. The number of benzene rings is 1. The van der Waals surface area contributed by atoms with Crippen molar-refractivity contribution in [1.82, 2.24) is 0 Å². The van der Waals surface area contributed by atoms with E-state index in [9.17, 15) is 0 Å². The Kier molecular flexibility index (Phi) is 8.07. The lowest BCUT2D eigenvalue weighted by atomic mass is 10.2. The van der Waals surface area contributed by atoms with Crippen LogP contribution in [0.15, 0.2) is 18.2 Å². The van der Waals surface area contributed by atoms with Crippen molar-refractivity contribution in [1.29, 1.82) is 0 Å². The van der Waals surface area contributed by atoms with Crippen LogP contribution in [0.5, 0.6) is 11.5 Å². The molecule has 0 aliphatic rings. The first-order valence-electron chi connectivity index (χ1n) is 7.19. The third-order valence-electron chi connectivity index (χ3n) is 2.92. The van der Waals surface area contributed by atoms with E-state index in [1.807, 2.05) is 18.2 Å². The fourth-order valence-electron chi connectivity index (χ4n) is 1.75. The van der Waals surface area contributed by atoms with Gasteiger partial charge in [-0.1, -0.05) is 38.8 Å². The van der Waals surface area contributed by atoms with Crippen LogP contribution in [0.2, 0.25) is 0 Å². The molecule has 108 valence electrons. The lowest BCUT2D eigenvalue weighted by molar-refractivity contribution is 0.115. The maximum absolute atomic E-state index is 5.85. The number of hydrogen-bond donors (Lipinski definition) is 0. The number of hydrogen-bond acceptors (Lipinski definition) is 3. The van der Waals surface area contributed by atoms with E-state index in [1.165, 1.54) is 0 Å². The van der Waals surface area contributed by atoms with Crippen LogP contribution in [0.3, 0.4) is 0 Å². The van der Waals surface area contributed by atoms with Crippen LogP contribution >= 0.6 is 0 Å². The minimum absolute atomic E-state index is 0.582. The quantitative estimate of drug-likeness (QED) is 0.594. The van der Waals surface area contributed by atoms with Gasteiger partial charge in [0.25, 0.3) is 0 Å². The van der Waals surface area contributed by atoms with Crippen molar-refractivity contribution in [3.63, 3.8) is 0 Å². The molecule has 1 aromatic rings. The molecule has 0 aliphatic carbocycles. The molecule has 0 fully saturated rings. The Bertz CT molecular complexity index is 350. The Morgan fingerprint density at radius 3 is 2.42 bits per heavy atom. The average molecular weight is 266 g/mol. The Hall–Kier alpha value is -1.22. The van der Waals surface area contributed by atoms with Crippen molar-refractivity contribution in [2.24, 2.45) is 0 Å². The monoisotopic (exact) mass is 266 g/mol. The Morgan fingerprint density at radius 2 is 1.74 bits per heavy atom. The molecule has 0 amide bonds. The summed E-state index contributed by atoms with van der Waals surface area (Å²) in [4.78, 5) is 0. The smallest absolute Gasteiger partial charge is 0.166 e. The lowest BCUT2D eigenvalue weighted by Gasteiger charge is -2.15. The molecule has 0 radical (unpaired) electrons. The van der Waals surface area contributed by atoms with Gasteiger partial charge < -0.3 is 14.2 Å². The molecule has 19 heavy (non-hydrogen) atoms. The summed E-state index contributed by atoms with van der Waals surface area (Å²) in [5.41, 5.74) is 1.06. The number of rotatable bonds is 10. The molecule has 0 aliphatic heterocycles. The minimum atomic E-state index is 0.582. The highest BCUT2D eigenvalue weighted by Gasteiger charge is 2.10. The standard InChI is InChI=1S/C16H26O3/c1-4-6-11-18-13-14-9-8-10-15(17-3)16(14)19-12-7-5-2/h8-10H,4-7,11-13H2,1-3H3. The van der Waals surface area contributed by atoms with E-state index in [0.29, 0.717) is 6.61 Å². The third kappa shape index (κ3) is 5.52. The summed E-state index contributed by atoms with van der Waals surface area (Å²) >= 11 is 0. The molecule has 0 heterocycles. The van der Waals surface area contributed by atoms with E-state index in [0.717, 1.165) is 56.0 Å². The van der Waals surface area contributed by atoms with Crippen LogP contribution in [-0.2, 0) is 11.3 Å². The van der Waals surface area contributed by atoms with E-state index in [-0.39, 0.29) is 0 Å². The first-order chi connectivity index (χ1) is 9.33. The summed E-state index contributed by atoms with van der Waals surface area (Å²) in [7, 11) is 1.67. The van der Waals surface area contributed by atoms with Crippen LogP contribution < -0.4 is 9.47 Å². The zero-order valence-corrected chi connectivity index (χ0v) is 12.4. The van der Waals surface area contributed by atoms with Crippen LogP contribution in [0, 0.1) is 0 Å². The maximum Gasteiger partial charge on any atom is 0.166 e. The van der Waals surface area contributed by atoms with Gasteiger partial charge in [-0.2, -0.15) is 0 Å². The van der Waals surface area contributed by atoms with Crippen molar-refractivity contribution in [2.45, 2.75) is 46.1 Å². The first-order valence-corrected chi connectivity index (χ1v) is 7.19. The number of para-hydroxylation sites is 1. The van der Waals surface area contributed by atoms with Crippen molar-refractivity contribution < 1.29 is 14.2 Å².